The van der Waals surface area contributed by atoms with Crippen molar-refractivity contribution in [3.05, 3.63) is 51.5 Å². The van der Waals surface area contributed by atoms with Gasteiger partial charge in [0.1, 0.15) is 9.88 Å². The molecule has 122 valence electrons. The van der Waals surface area contributed by atoms with E-state index in [0.717, 1.165) is 16.9 Å². The van der Waals surface area contributed by atoms with Crippen LogP contribution in [0, 0.1) is 6.92 Å². The van der Waals surface area contributed by atoms with E-state index >= 15 is 0 Å². The number of carbonyl (C=O) groups is 2. The van der Waals surface area contributed by atoms with E-state index in [4.69, 9.17) is 9.84 Å². The Labute approximate surface area is 138 Å². The number of amides is 1. The quantitative estimate of drug-likeness (QED) is 0.848. The highest BCUT2D eigenvalue weighted by Crippen LogP contribution is 2.25. The molecule has 0 spiro atoms. The fourth-order valence-corrected chi connectivity index (χ4v) is 3.08. The van der Waals surface area contributed by atoms with Crippen molar-refractivity contribution in [1.82, 2.24) is 10.3 Å². The second-order valence-corrected chi connectivity index (χ2v) is 6.06. The number of thiazole rings is 1. The van der Waals surface area contributed by atoms with Crippen LogP contribution < -0.4 is 5.32 Å². The summed E-state index contributed by atoms with van der Waals surface area (Å²) >= 11 is 1.07. The lowest BCUT2D eigenvalue weighted by Gasteiger charge is -2.18. The average molecular weight is 334 g/mol. The van der Waals surface area contributed by atoms with Gasteiger partial charge in [-0.3, -0.25) is 4.79 Å². The van der Waals surface area contributed by atoms with Crippen molar-refractivity contribution < 1.29 is 19.4 Å². The molecular formula is C16H18N2O4S. The lowest BCUT2D eigenvalue weighted by molar-refractivity contribution is -0.132. The second-order valence-electron chi connectivity index (χ2n) is 5.03. The van der Waals surface area contributed by atoms with Gasteiger partial charge in [-0.25, -0.2) is 9.78 Å². The predicted octanol–water partition coefficient (Wildman–Crippen LogP) is 2.71. The van der Waals surface area contributed by atoms with Gasteiger partial charge in [0.05, 0.1) is 11.7 Å². The largest absolute Gasteiger partial charge is 0.477 e. The predicted molar refractivity (Wildman–Crippen MR) is 86.6 cm³/mol. The van der Waals surface area contributed by atoms with Gasteiger partial charge in [0.15, 0.2) is 6.10 Å². The summed E-state index contributed by atoms with van der Waals surface area (Å²) in [5.41, 5.74) is 1.20. The fourth-order valence-electron chi connectivity index (χ4n) is 2.17. The third-order valence-electron chi connectivity index (χ3n) is 3.31. The van der Waals surface area contributed by atoms with Crippen molar-refractivity contribution in [2.75, 3.05) is 7.11 Å². The van der Waals surface area contributed by atoms with Gasteiger partial charge < -0.3 is 15.2 Å². The standard InChI is InChI=1S/C16H18N2O4S/c1-9-13(16(20)21)23-15(18-9)10(2)17-14(19)12(22-3)11-7-5-4-6-8-11/h4-8,10,12H,1-3H3,(H,17,19)(H,20,21)/t10?,12-/m1/s1. The molecule has 1 amide bonds. The van der Waals surface area contributed by atoms with E-state index in [1.165, 1.54) is 7.11 Å². The lowest BCUT2D eigenvalue weighted by Crippen LogP contribution is -2.32. The maximum absolute atomic E-state index is 12.4. The number of aromatic carboxylic acids is 1. The molecule has 23 heavy (non-hydrogen) atoms. The number of methoxy groups -OCH3 is 1. The first-order valence-electron chi connectivity index (χ1n) is 7.02. The van der Waals surface area contributed by atoms with Crippen LogP contribution in [-0.2, 0) is 9.53 Å². The van der Waals surface area contributed by atoms with Gasteiger partial charge in [0.2, 0.25) is 0 Å². The normalized spacial score (nSPS) is 13.3. The van der Waals surface area contributed by atoms with Crippen LogP contribution in [0.5, 0.6) is 0 Å². The van der Waals surface area contributed by atoms with Gasteiger partial charge in [0.25, 0.3) is 5.91 Å². The molecule has 1 heterocycles. The molecule has 2 rings (SSSR count). The highest BCUT2D eigenvalue weighted by Gasteiger charge is 2.24. The summed E-state index contributed by atoms with van der Waals surface area (Å²) < 4.78 is 5.28. The minimum absolute atomic E-state index is 0.187. The Bertz CT molecular complexity index is 699. The Kier molecular flexibility index (Phi) is 5.46. The molecule has 1 aromatic heterocycles. The summed E-state index contributed by atoms with van der Waals surface area (Å²) in [6.07, 6.45) is -0.723. The molecule has 0 bridgehead atoms. The number of carboxylic acids is 1. The van der Waals surface area contributed by atoms with Crippen molar-refractivity contribution in [3.63, 3.8) is 0 Å². The van der Waals surface area contributed by atoms with Crippen molar-refractivity contribution in [2.24, 2.45) is 0 Å². The summed E-state index contributed by atoms with van der Waals surface area (Å²) in [6, 6.07) is 8.76. The number of rotatable bonds is 6. The summed E-state index contributed by atoms with van der Waals surface area (Å²) in [4.78, 5) is 27.9. The third-order valence-corrected chi connectivity index (χ3v) is 4.64. The molecule has 2 N–H and O–H groups in total. The Hall–Kier alpha value is -2.25. The van der Waals surface area contributed by atoms with Crippen LogP contribution in [0.25, 0.3) is 0 Å². The van der Waals surface area contributed by atoms with Gasteiger partial charge >= 0.3 is 5.97 Å². The van der Waals surface area contributed by atoms with E-state index in [1.807, 2.05) is 30.3 Å². The number of ether oxygens (including phenoxy) is 1. The van der Waals surface area contributed by atoms with Crippen LogP contribution in [0.15, 0.2) is 30.3 Å². The van der Waals surface area contributed by atoms with Gasteiger partial charge in [0, 0.05) is 7.11 Å². The number of aryl methyl sites for hydroxylation is 1. The van der Waals surface area contributed by atoms with E-state index in [2.05, 4.69) is 10.3 Å². The third kappa shape index (κ3) is 3.94. The number of benzene rings is 1. The molecule has 2 aromatic rings. The number of hydrogen-bond donors (Lipinski definition) is 2. The average Bonchev–Trinajstić information content (AvgIpc) is 2.91. The van der Waals surface area contributed by atoms with Crippen molar-refractivity contribution in [3.8, 4) is 0 Å². The Morgan fingerprint density at radius 2 is 1.96 bits per heavy atom. The van der Waals surface area contributed by atoms with E-state index in [0.29, 0.717) is 10.7 Å². The van der Waals surface area contributed by atoms with E-state index in [-0.39, 0.29) is 10.8 Å². The van der Waals surface area contributed by atoms with Crippen LogP contribution in [-0.4, -0.2) is 29.1 Å². The SMILES string of the molecule is CO[C@@H](C(=O)NC(C)c1nc(C)c(C(=O)O)s1)c1ccccc1. The summed E-state index contributed by atoms with van der Waals surface area (Å²) in [5, 5.41) is 12.4. The van der Waals surface area contributed by atoms with Crippen molar-refractivity contribution in [1.29, 1.82) is 0 Å². The fraction of sp³-hybridized carbons (Fsp3) is 0.312. The zero-order chi connectivity index (χ0) is 17.0. The van der Waals surface area contributed by atoms with E-state index in [9.17, 15) is 9.59 Å². The number of carboxylic acid groups (broad SMARTS) is 1. The molecule has 7 heteroatoms. The molecule has 6 nitrogen and oxygen atoms in total. The Morgan fingerprint density at radius 3 is 2.48 bits per heavy atom. The number of nitrogens with one attached hydrogen (secondary N) is 1. The van der Waals surface area contributed by atoms with Gasteiger partial charge in [-0.05, 0) is 19.4 Å². The summed E-state index contributed by atoms with van der Waals surface area (Å²) in [7, 11) is 1.47. The van der Waals surface area contributed by atoms with Crippen LogP contribution in [0.1, 0.15) is 45.0 Å². The molecule has 0 aliphatic carbocycles. The summed E-state index contributed by atoms with van der Waals surface area (Å²) in [6.45, 7) is 3.40. The van der Waals surface area contributed by atoms with E-state index < -0.39 is 18.1 Å². The van der Waals surface area contributed by atoms with E-state index in [1.54, 1.807) is 13.8 Å². The molecule has 1 unspecified atom stereocenters. The zero-order valence-corrected chi connectivity index (χ0v) is 13.9. The Morgan fingerprint density at radius 1 is 1.30 bits per heavy atom. The first-order chi connectivity index (χ1) is 10.9. The first kappa shape index (κ1) is 17.1. The summed E-state index contributed by atoms with van der Waals surface area (Å²) in [5.74, 6) is -1.31. The minimum atomic E-state index is -1.01. The number of carbonyl (C=O) groups excluding carboxylic acids is 1. The first-order valence-corrected chi connectivity index (χ1v) is 7.84. The van der Waals surface area contributed by atoms with Gasteiger partial charge in [-0.2, -0.15) is 0 Å². The van der Waals surface area contributed by atoms with Crippen LogP contribution >= 0.6 is 11.3 Å². The molecule has 0 saturated heterocycles. The number of aromatic nitrogens is 1. The number of hydrogen-bond acceptors (Lipinski definition) is 5. The van der Waals surface area contributed by atoms with Crippen molar-refractivity contribution >= 4 is 23.2 Å². The molecule has 0 aliphatic heterocycles. The second kappa shape index (κ2) is 7.34. The van der Waals surface area contributed by atoms with Crippen LogP contribution in [0.2, 0.25) is 0 Å². The maximum Gasteiger partial charge on any atom is 0.347 e. The molecule has 0 radical (unpaired) electrons. The smallest absolute Gasteiger partial charge is 0.347 e. The van der Waals surface area contributed by atoms with Gasteiger partial charge in [-0.1, -0.05) is 30.3 Å². The highest BCUT2D eigenvalue weighted by atomic mass is 32.1. The van der Waals surface area contributed by atoms with Crippen molar-refractivity contribution in [2.45, 2.75) is 26.0 Å². The lowest BCUT2D eigenvalue weighted by atomic mass is 10.1. The molecule has 0 saturated carbocycles. The monoisotopic (exact) mass is 334 g/mol. The Balaban J connectivity index is 2.12. The van der Waals surface area contributed by atoms with Crippen LogP contribution in [0.3, 0.4) is 0 Å². The zero-order valence-electron chi connectivity index (χ0n) is 13.1. The molecular weight excluding hydrogens is 316 g/mol. The molecule has 0 fully saturated rings. The highest BCUT2D eigenvalue weighted by molar-refractivity contribution is 7.13. The molecule has 2 atom stereocenters. The van der Waals surface area contributed by atoms with Gasteiger partial charge in [-0.15, -0.1) is 11.3 Å². The molecule has 1 aromatic carbocycles. The molecule has 0 aliphatic rings. The number of nitrogens with zero attached hydrogens (tertiary/aromatic N) is 1. The minimum Gasteiger partial charge on any atom is -0.477 e. The topological polar surface area (TPSA) is 88.5 Å². The van der Waals surface area contributed by atoms with Crippen LogP contribution in [0.4, 0.5) is 0 Å². The maximum atomic E-state index is 12.4.